The molecule has 1 saturated heterocycles. The fourth-order valence-electron chi connectivity index (χ4n) is 2.03. The van der Waals surface area contributed by atoms with E-state index in [9.17, 15) is 14.4 Å². The van der Waals surface area contributed by atoms with Crippen molar-refractivity contribution in [3.63, 3.8) is 0 Å². The molecule has 0 N–H and O–H groups in total. The lowest BCUT2D eigenvalue weighted by atomic mass is 9.94. The maximum atomic E-state index is 12.6. The Morgan fingerprint density at radius 1 is 0.952 bits per heavy atom. The van der Waals surface area contributed by atoms with Crippen LogP contribution in [0.3, 0.4) is 0 Å². The average molecular weight is 300 g/mol. The predicted molar refractivity (Wildman–Crippen MR) is 75.1 cm³/mol. The average Bonchev–Trinajstić information content (AvgIpc) is 2.39. The van der Waals surface area contributed by atoms with E-state index < -0.39 is 29.0 Å². The van der Waals surface area contributed by atoms with Gasteiger partial charge in [0.2, 0.25) is 0 Å². The molecule has 1 aliphatic heterocycles. The quantitative estimate of drug-likeness (QED) is 0.439. The van der Waals surface area contributed by atoms with Crippen molar-refractivity contribution in [2.45, 2.75) is 59.2 Å². The Hall–Kier alpha value is -1.47. The van der Waals surface area contributed by atoms with Gasteiger partial charge in [-0.1, -0.05) is 6.92 Å². The van der Waals surface area contributed by atoms with Crippen molar-refractivity contribution in [1.82, 2.24) is 9.80 Å². The summed E-state index contributed by atoms with van der Waals surface area (Å²) in [6.07, 6.45) is 0.0844. The Morgan fingerprint density at radius 2 is 1.38 bits per heavy atom. The van der Waals surface area contributed by atoms with Gasteiger partial charge >= 0.3 is 6.03 Å². The van der Waals surface area contributed by atoms with Gasteiger partial charge in [-0.3, -0.25) is 19.4 Å². The first kappa shape index (κ1) is 17.6. The first-order chi connectivity index (χ1) is 9.64. The summed E-state index contributed by atoms with van der Waals surface area (Å²) in [4.78, 5) is 49.8. The number of hydrogen-bond donors (Lipinski definition) is 0. The number of barbiturate groups is 1. The Labute approximate surface area is 125 Å². The molecule has 4 amide bonds. The maximum absolute atomic E-state index is 12.6. The monoisotopic (exact) mass is 300 g/mol. The summed E-state index contributed by atoms with van der Waals surface area (Å²) in [5, 5.41) is 0. The second-order valence-corrected chi connectivity index (χ2v) is 5.84. The standard InChI is InChI=1S/C14H24N2O5/c1-7-14(21-20-13(4,5)6)10(17)15(8-2)12(19)16(9-3)11(14)18/h7-9H2,1-6H3. The molecule has 0 bridgehead atoms. The third-order valence-electron chi connectivity index (χ3n) is 3.21. The zero-order chi connectivity index (χ0) is 16.4. The first-order valence-corrected chi connectivity index (χ1v) is 7.19. The van der Waals surface area contributed by atoms with Crippen LogP contribution in [-0.4, -0.2) is 51.9 Å². The van der Waals surface area contributed by atoms with Crippen molar-refractivity contribution >= 4 is 17.8 Å². The minimum atomic E-state index is -1.80. The number of hydrogen-bond acceptors (Lipinski definition) is 5. The van der Waals surface area contributed by atoms with Crippen LogP contribution in [0.1, 0.15) is 48.0 Å². The summed E-state index contributed by atoms with van der Waals surface area (Å²) >= 11 is 0. The Morgan fingerprint density at radius 3 is 1.67 bits per heavy atom. The van der Waals surface area contributed by atoms with E-state index in [0.717, 1.165) is 9.80 Å². The molecule has 1 aliphatic rings. The van der Waals surface area contributed by atoms with E-state index in [4.69, 9.17) is 9.78 Å². The number of urea groups is 1. The van der Waals surface area contributed by atoms with Gasteiger partial charge < -0.3 is 0 Å². The molecule has 21 heavy (non-hydrogen) atoms. The Balaban J connectivity index is 3.22. The van der Waals surface area contributed by atoms with Gasteiger partial charge in [0.1, 0.15) is 0 Å². The lowest BCUT2D eigenvalue weighted by Gasteiger charge is -2.42. The largest absolute Gasteiger partial charge is 0.333 e. The highest BCUT2D eigenvalue weighted by atomic mass is 17.2. The molecule has 0 saturated carbocycles. The van der Waals surface area contributed by atoms with Crippen LogP contribution in [0.4, 0.5) is 4.79 Å². The lowest BCUT2D eigenvalue weighted by molar-refractivity contribution is -0.388. The predicted octanol–water partition coefficient (Wildman–Crippen LogP) is 1.71. The van der Waals surface area contributed by atoms with Crippen LogP contribution in [0, 0.1) is 0 Å². The van der Waals surface area contributed by atoms with Crippen LogP contribution in [0.2, 0.25) is 0 Å². The van der Waals surface area contributed by atoms with Crippen LogP contribution < -0.4 is 0 Å². The topological polar surface area (TPSA) is 76.2 Å². The van der Waals surface area contributed by atoms with E-state index in [-0.39, 0.29) is 19.5 Å². The van der Waals surface area contributed by atoms with Gasteiger partial charge in [0.05, 0.1) is 5.60 Å². The minimum absolute atomic E-state index is 0.0844. The molecule has 1 heterocycles. The molecule has 0 radical (unpaired) electrons. The number of carbonyl (C=O) groups excluding carboxylic acids is 3. The Kier molecular flexibility index (Phi) is 5.11. The van der Waals surface area contributed by atoms with Gasteiger partial charge in [0.25, 0.3) is 17.4 Å². The normalized spacial score (nSPS) is 19.4. The molecule has 1 fully saturated rings. The number of nitrogens with zero attached hydrogens (tertiary/aromatic N) is 2. The third-order valence-corrected chi connectivity index (χ3v) is 3.21. The Bertz CT molecular complexity index is 415. The van der Waals surface area contributed by atoms with E-state index in [0.29, 0.717) is 0 Å². The summed E-state index contributed by atoms with van der Waals surface area (Å²) in [7, 11) is 0. The molecule has 0 aromatic rings. The van der Waals surface area contributed by atoms with Gasteiger partial charge in [-0.25, -0.2) is 14.6 Å². The van der Waals surface area contributed by atoms with Crippen LogP contribution in [-0.2, 0) is 19.4 Å². The van der Waals surface area contributed by atoms with Crippen molar-refractivity contribution in [3.05, 3.63) is 0 Å². The van der Waals surface area contributed by atoms with Gasteiger partial charge in [0, 0.05) is 13.1 Å². The summed E-state index contributed by atoms with van der Waals surface area (Å²) in [5.74, 6) is -1.34. The molecule has 0 spiro atoms. The van der Waals surface area contributed by atoms with E-state index in [1.807, 2.05) is 0 Å². The fourth-order valence-corrected chi connectivity index (χ4v) is 2.03. The molecule has 120 valence electrons. The minimum Gasteiger partial charge on any atom is -0.270 e. The summed E-state index contributed by atoms with van der Waals surface area (Å²) in [6, 6.07) is -0.613. The molecule has 0 atom stereocenters. The lowest BCUT2D eigenvalue weighted by Crippen LogP contribution is -2.69. The first-order valence-electron chi connectivity index (χ1n) is 7.19. The van der Waals surface area contributed by atoms with Crippen LogP contribution >= 0.6 is 0 Å². The smallest absolute Gasteiger partial charge is 0.270 e. The van der Waals surface area contributed by atoms with E-state index in [1.54, 1.807) is 41.5 Å². The highest BCUT2D eigenvalue weighted by Crippen LogP contribution is 2.30. The van der Waals surface area contributed by atoms with Gasteiger partial charge in [-0.15, -0.1) is 0 Å². The number of imide groups is 2. The second kappa shape index (κ2) is 6.11. The van der Waals surface area contributed by atoms with Gasteiger partial charge in [0.15, 0.2) is 0 Å². The number of carbonyl (C=O) groups is 3. The third kappa shape index (κ3) is 3.08. The SMILES string of the molecule is CCN1C(=O)N(CC)C(=O)C(CC)(OOC(C)(C)C)C1=O. The fraction of sp³-hybridized carbons (Fsp3) is 0.786. The molecular weight excluding hydrogens is 276 g/mol. The molecule has 0 aliphatic carbocycles. The molecule has 7 nitrogen and oxygen atoms in total. The zero-order valence-corrected chi connectivity index (χ0v) is 13.6. The molecular formula is C14H24N2O5. The number of amides is 4. The molecule has 0 aromatic carbocycles. The molecule has 0 unspecified atom stereocenters. The zero-order valence-electron chi connectivity index (χ0n) is 13.6. The number of rotatable bonds is 5. The molecule has 0 aromatic heterocycles. The van der Waals surface area contributed by atoms with E-state index in [1.165, 1.54) is 0 Å². The van der Waals surface area contributed by atoms with E-state index >= 15 is 0 Å². The highest BCUT2D eigenvalue weighted by Gasteiger charge is 2.58. The van der Waals surface area contributed by atoms with Crippen LogP contribution in [0.25, 0.3) is 0 Å². The maximum Gasteiger partial charge on any atom is 0.333 e. The van der Waals surface area contributed by atoms with Gasteiger partial charge in [-0.2, -0.15) is 0 Å². The summed E-state index contributed by atoms with van der Waals surface area (Å²) in [6.45, 7) is 10.6. The van der Waals surface area contributed by atoms with Crippen LogP contribution in [0.5, 0.6) is 0 Å². The molecule has 7 heteroatoms. The van der Waals surface area contributed by atoms with Gasteiger partial charge in [-0.05, 0) is 41.0 Å². The van der Waals surface area contributed by atoms with Crippen molar-refractivity contribution in [1.29, 1.82) is 0 Å². The van der Waals surface area contributed by atoms with E-state index in [2.05, 4.69) is 0 Å². The summed E-state index contributed by atoms with van der Waals surface area (Å²) < 4.78 is 0. The number of likely N-dealkylation sites (N-methyl/N-ethyl adjacent to an activating group) is 2. The second-order valence-electron chi connectivity index (χ2n) is 5.84. The van der Waals surface area contributed by atoms with Crippen molar-refractivity contribution in [2.75, 3.05) is 13.1 Å². The molecule has 1 rings (SSSR count). The van der Waals surface area contributed by atoms with Crippen molar-refractivity contribution in [2.24, 2.45) is 0 Å². The van der Waals surface area contributed by atoms with Crippen molar-refractivity contribution < 1.29 is 24.2 Å². The van der Waals surface area contributed by atoms with Crippen LogP contribution in [0.15, 0.2) is 0 Å². The summed E-state index contributed by atoms with van der Waals surface area (Å²) in [5.41, 5.74) is -2.48. The highest BCUT2D eigenvalue weighted by molar-refractivity contribution is 6.21. The van der Waals surface area contributed by atoms with Crippen molar-refractivity contribution in [3.8, 4) is 0 Å².